The van der Waals surface area contributed by atoms with Crippen LogP contribution in [0, 0.1) is 10.2 Å². The van der Waals surface area contributed by atoms with Gasteiger partial charge in [-0.2, -0.15) is 0 Å². The van der Waals surface area contributed by atoms with Crippen LogP contribution in [0.25, 0.3) is 21.6 Å². The molecule has 6 nitrogen and oxygen atoms in total. The first kappa shape index (κ1) is 16.9. The van der Waals surface area contributed by atoms with Gasteiger partial charge >= 0.3 is 5.43 Å². The molecule has 1 N–H and O–H groups in total. The summed E-state index contributed by atoms with van der Waals surface area (Å²) in [6.45, 7) is 0. The second-order valence-corrected chi connectivity index (χ2v) is 6.13. The Hall–Kier alpha value is -1.45. The molecule has 0 saturated carbocycles. The smallest absolute Gasteiger partial charge is 0.354 e. The highest BCUT2D eigenvalue weighted by atomic mass is 35.7. The van der Waals surface area contributed by atoms with Crippen molar-refractivity contribution in [3.05, 3.63) is 52.2 Å². The lowest BCUT2D eigenvalue weighted by molar-refractivity contribution is -2.00. The Morgan fingerprint density at radius 2 is 1.77 bits per heavy atom. The largest absolute Gasteiger partial charge is 0.455 e. The summed E-state index contributed by atoms with van der Waals surface area (Å²) in [5.41, 5.74) is 0.801. The molecule has 3 aromatic rings. The maximum atomic E-state index is 9.96. The van der Waals surface area contributed by atoms with Gasteiger partial charge < -0.3 is 4.42 Å². The van der Waals surface area contributed by atoms with Crippen LogP contribution in [0.5, 0.6) is 0 Å². The van der Waals surface area contributed by atoms with Gasteiger partial charge in [0.25, 0.3) is 0 Å². The van der Waals surface area contributed by atoms with Gasteiger partial charge in [0, 0.05) is 5.02 Å². The second kappa shape index (κ2) is 6.76. The SMILES string of the molecule is [O-][Cl+3]([O-])([O-])[O-].[OH+]=c1cc(-c2cccs2)oc2ccc(Cl)cc12. The van der Waals surface area contributed by atoms with E-state index in [2.05, 4.69) is 0 Å². The molecule has 1 aromatic carbocycles. The quantitative estimate of drug-likeness (QED) is 0.516. The lowest BCUT2D eigenvalue weighted by Gasteiger charge is -2.17. The van der Waals surface area contributed by atoms with Crippen molar-refractivity contribution >= 4 is 33.9 Å². The van der Waals surface area contributed by atoms with E-state index >= 15 is 0 Å². The van der Waals surface area contributed by atoms with Crippen molar-refractivity contribution in [3.63, 3.8) is 0 Å². The van der Waals surface area contributed by atoms with E-state index in [1.807, 2.05) is 17.5 Å². The summed E-state index contributed by atoms with van der Waals surface area (Å²) in [5, 5.41) is 3.17. The van der Waals surface area contributed by atoms with E-state index in [0.29, 0.717) is 21.8 Å². The Morgan fingerprint density at radius 1 is 1.09 bits per heavy atom. The predicted molar refractivity (Wildman–Crippen MR) is 69.6 cm³/mol. The van der Waals surface area contributed by atoms with Gasteiger partial charge in [0.2, 0.25) is 0 Å². The van der Waals surface area contributed by atoms with E-state index < -0.39 is 10.2 Å². The standard InChI is InChI=1S/C13H7ClO2S.ClHO4/c14-8-3-4-11-9(6-8)10(15)7-12(16-11)13-2-1-5-17-13;2-1(3,4)5/h1-7H;(H,2,3,4,5). The molecule has 0 fully saturated rings. The fourth-order valence-corrected chi connectivity index (χ4v) is 2.53. The van der Waals surface area contributed by atoms with Crippen LogP contribution in [0.15, 0.2) is 46.2 Å². The average molecular weight is 363 g/mol. The molecule has 0 amide bonds. The van der Waals surface area contributed by atoms with Crippen LogP contribution < -0.4 is 24.1 Å². The molecule has 0 aliphatic heterocycles. The third kappa shape index (κ3) is 4.79. The molecular formula is C13H8Cl2O6S. The minimum Gasteiger partial charge on any atom is -0.455 e. The third-order valence-electron chi connectivity index (χ3n) is 2.47. The van der Waals surface area contributed by atoms with Gasteiger partial charge in [-0.05, 0) is 29.6 Å². The highest BCUT2D eigenvalue weighted by Gasteiger charge is 2.11. The first-order valence-electron chi connectivity index (χ1n) is 5.65. The number of hydrogen-bond acceptors (Lipinski definition) is 6. The summed E-state index contributed by atoms with van der Waals surface area (Å²) in [6, 6.07) is 10.7. The van der Waals surface area contributed by atoms with Gasteiger partial charge in [0.05, 0.1) is 10.9 Å². The summed E-state index contributed by atoms with van der Waals surface area (Å²) in [5.74, 6) is 0.660. The number of benzene rings is 1. The van der Waals surface area contributed by atoms with Crippen molar-refractivity contribution in [2.75, 3.05) is 0 Å². The summed E-state index contributed by atoms with van der Waals surface area (Å²) < 4.78 is 39.7. The van der Waals surface area contributed by atoms with Crippen molar-refractivity contribution in [2.24, 2.45) is 0 Å². The molecule has 3 rings (SSSR count). The zero-order valence-corrected chi connectivity index (χ0v) is 13.0. The van der Waals surface area contributed by atoms with Crippen LogP contribution in [0.3, 0.4) is 0 Å². The summed E-state index contributed by atoms with van der Waals surface area (Å²) in [7, 11) is -4.94. The van der Waals surface area contributed by atoms with Crippen LogP contribution in [0.2, 0.25) is 5.02 Å². The highest BCUT2D eigenvalue weighted by Crippen LogP contribution is 2.26. The molecule has 116 valence electrons. The van der Waals surface area contributed by atoms with E-state index in [1.54, 1.807) is 35.6 Å². The van der Waals surface area contributed by atoms with E-state index in [0.717, 1.165) is 4.88 Å². The first-order valence-corrected chi connectivity index (χ1v) is 8.14. The van der Waals surface area contributed by atoms with Crippen molar-refractivity contribution in [1.29, 1.82) is 0 Å². The van der Waals surface area contributed by atoms with Crippen molar-refractivity contribution in [3.8, 4) is 10.6 Å². The van der Waals surface area contributed by atoms with Gasteiger partial charge in [-0.25, -0.2) is 18.6 Å². The van der Waals surface area contributed by atoms with E-state index in [1.165, 1.54) is 0 Å². The number of thiophene rings is 1. The lowest BCUT2D eigenvalue weighted by atomic mass is 10.2. The molecular weight excluding hydrogens is 355 g/mol. The first-order chi connectivity index (χ1) is 10.2. The Labute approximate surface area is 135 Å². The fraction of sp³-hybridized carbons (Fsp3) is 0. The number of fused-ring (bicyclic) bond motifs is 1. The van der Waals surface area contributed by atoms with E-state index in [9.17, 15) is 4.79 Å². The molecule has 2 heterocycles. The van der Waals surface area contributed by atoms with Gasteiger partial charge in [-0.1, -0.05) is 17.7 Å². The van der Waals surface area contributed by atoms with Crippen LogP contribution in [-0.4, -0.2) is 4.79 Å². The summed E-state index contributed by atoms with van der Waals surface area (Å²) >= 11 is 7.44. The second-order valence-electron chi connectivity index (χ2n) is 3.99. The van der Waals surface area contributed by atoms with Crippen LogP contribution in [0.1, 0.15) is 0 Å². The topological polar surface area (TPSA) is 127 Å². The molecule has 9 heteroatoms. The fourth-order valence-electron chi connectivity index (χ4n) is 1.68. The zero-order chi connectivity index (χ0) is 16.3. The zero-order valence-electron chi connectivity index (χ0n) is 10.7. The third-order valence-corrected chi connectivity index (χ3v) is 3.59. The molecule has 0 unspecified atom stereocenters. The molecule has 22 heavy (non-hydrogen) atoms. The molecule has 0 atom stereocenters. The Balaban J connectivity index is 0.000000309. The molecule has 0 spiro atoms. The Morgan fingerprint density at radius 3 is 2.36 bits per heavy atom. The van der Waals surface area contributed by atoms with Crippen molar-refractivity contribution in [2.45, 2.75) is 0 Å². The molecule has 0 saturated heterocycles. The lowest BCUT2D eigenvalue weighted by Crippen LogP contribution is -2.68. The van der Waals surface area contributed by atoms with Crippen LogP contribution in [-0.2, 0) is 0 Å². The number of hydrogen-bond donors (Lipinski definition) is 0. The molecule has 0 aliphatic carbocycles. The Kier molecular flexibility index (Phi) is 5.20. The van der Waals surface area contributed by atoms with E-state index in [4.69, 9.17) is 34.7 Å². The minimum absolute atomic E-state index is 0.178. The maximum Gasteiger partial charge on any atom is 0.354 e. The molecule has 2 aromatic heterocycles. The van der Waals surface area contributed by atoms with Crippen molar-refractivity contribution in [1.82, 2.24) is 0 Å². The molecule has 0 radical (unpaired) electrons. The van der Waals surface area contributed by atoms with Crippen LogP contribution >= 0.6 is 22.9 Å². The summed E-state index contributed by atoms with van der Waals surface area (Å²) in [4.78, 5) is 10.9. The number of halogens is 2. The summed E-state index contributed by atoms with van der Waals surface area (Å²) in [6.07, 6.45) is 0. The minimum atomic E-state index is -4.94. The van der Waals surface area contributed by atoms with E-state index in [-0.39, 0.29) is 5.43 Å². The van der Waals surface area contributed by atoms with Gasteiger partial charge in [0.1, 0.15) is 11.0 Å². The number of rotatable bonds is 1. The normalized spacial score (nSPS) is 11.1. The predicted octanol–water partition coefficient (Wildman–Crippen LogP) is -0.937. The van der Waals surface area contributed by atoms with Gasteiger partial charge in [-0.15, -0.1) is 21.6 Å². The maximum absolute atomic E-state index is 9.96. The molecule has 0 aliphatic rings. The monoisotopic (exact) mass is 362 g/mol. The highest BCUT2D eigenvalue weighted by molar-refractivity contribution is 7.13. The molecule has 0 bridgehead atoms. The van der Waals surface area contributed by atoms with Crippen molar-refractivity contribution < 1.29 is 38.1 Å². The average Bonchev–Trinajstić information content (AvgIpc) is 2.91. The van der Waals surface area contributed by atoms with Gasteiger partial charge in [0.15, 0.2) is 5.76 Å². The van der Waals surface area contributed by atoms with Gasteiger partial charge in [-0.3, -0.25) is 4.79 Å². The Bertz CT molecular complexity index is 817. The van der Waals surface area contributed by atoms with Crippen LogP contribution in [0.4, 0.5) is 0 Å².